The van der Waals surface area contributed by atoms with Gasteiger partial charge < -0.3 is 39.8 Å². The molecule has 2 aromatic carbocycles. The molecule has 1 aliphatic heterocycles. The first-order chi connectivity index (χ1) is 18.6. The summed E-state index contributed by atoms with van der Waals surface area (Å²) in [5, 5.41) is 34.1. The van der Waals surface area contributed by atoms with Crippen LogP contribution in [0.4, 0.5) is 0 Å². The molecule has 39 heavy (non-hydrogen) atoms. The van der Waals surface area contributed by atoms with Crippen molar-refractivity contribution < 1.29 is 33.9 Å². The van der Waals surface area contributed by atoms with Gasteiger partial charge in [0.15, 0.2) is 18.1 Å². The Hall–Kier alpha value is -3.77. The molecule has 11 nitrogen and oxygen atoms in total. The molecule has 0 amide bonds. The molecule has 2 aromatic heterocycles. The van der Waals surface area contributed by atoms with Gasteiger partial charge in [-0.05, 0) is 31.4 Å². The van der Waals surface area contributed by atoms with E-state index in [-0.39, 0.29) is 69.2 Å². The summed E-state index contributed by atoms with van der Waals surface area (Å²) < 4.78 is 24.3. The molecule has 0 bridgehead atoms. The smallest absolute Gasteiger partial charge is 0.280 e. The number of phenols is 2. The maximum atomic E-state index is 13.9. The van der Waals surface area contributed by atoms with Crippen LogP contribution in [0.1, 0.15) is 59.3 Å². The van der Waals surface area contributed by atoms with Gasteiger partial charge in [0.25, 0.3) is 5.56 Å². The second kappa shape index (κ2) is 8.12. The van der Waals surface area contributed by atoms with Crippen molar-refractivity contribution in [2.24, 2.45) is 0 Å². The Bertz CT molecular complexity index is 1890. The third kappa shape index (κ3) is 2.98. The molecule has 12 heteroatoms. The molecular formula is C27H23ClN2O9. The van der Waals surface area contributed by atoms with Crippen LogP contribution >= 0.6 is 11.6 Å². The summed E-state index contributed by atoms with van der Waals surface area (Å²) in [6.45, 7) is 1.47. The van der Waals surface area contributed by atoms with Gasteiger partial charge in [-0.3, -0.25) is 9.59 Å². The number of nitrogens with two attached hydrogens (primary N) is 1. The van der Waals surface area contributed by atoms with E-state index >= 15 is 0 Å². The van der Waals surface area contributed by atoms with E-state index in [1.807, 2.05) is 0 Å². The first-order valence-corrected chi connectivity index (χ1v) is 12.7. The largest absolute Gasteiger partial charge is 0.506 e. The van der Waals surface area contributed by atoms with Gasteiger partial charge in [-0.15, -0.1) is 0 Å². The fourth-order valence-electron chi connectivity index (χ4n) is 6.25. The van der Waals surface area contributed by atoms with Crippen molar-refractivity contribution in [2.75, 3.05) is 19.7 Å². The van der Waals surface area contributed by atoms with E-state index in [4.69, 9.17) is 36.1 Å². The van der Waals surface area contributed by atoms with Gasteiger partial charge >= 0.3 is 0 Å². The fraction of sp³-hybridized carbons (Fsp3) is 0.333. The average molecular weight is 555 g/mol. The van der Waals surface area contributed by atoms with Crippen LogP contribution in [-0.2, 0) is 15.9 Å². The first-order valence-electron chi connectivity index (χ1n) is 12.3. The number of rotatable bonds is 1. The van der Waals surface area contributed by atoms with Gasteiger partial charge in [0.05, 0.1) is 28.2 Å². The summed E-state index contributed by atoms with van der Waals surface area (Å²) in [5.41, 5.74) is -0.0514. The number of aromatic hydroxyl groups is 2. The van der Waals surface area contributed by atoms with Crippen molar-refractivity contribution in [1.82, 2.24) is 4.68 Å². The monoisotopic (exact) mass is 554 g/mol. The second-order valence-corrected chi connectivity index (χ2v) is 10.5. The third-order valence-electron chi connectivity index (χ3n) is 8.13. The van der Waals surface area contributed by atoms with Crippen molar-refractivity contribution in [2.45, 2.75) is 44.5 Å². The number of pyridine rings is 1. The molecule has 5 N–H and O–H groups in total. The zero-order valence-corrected chi connectivity index (χ0v) is 21.6. The van der Waals surface area contributed by atoms with Crippen LogP contribution in [0.25, 0.3) is 32.9 Å². The number of aliphatic hydroxyl groups excluding tert-OH is 1. The lowest BCUT2D eigenvalue weighted by atomic mass is 9.79. The molecular weight excluding hydrogens is 532 g/mol. The van der Waals surface area contributed by atoms with Gasteiger partial charge in [-0.25, -0.2) is 4.68 Å². The van der Waals surface area contributed by atoms with E-state index in [0.29, 0.717) is 28.6 Å². The molecule has 4 aromatic rings. The van der Waals surface area contributed by atoms with E-state index < -0.39 is 40.8 Å². The Balaban J connectivity index is 1.67. The standard InChI is InChI=1S/C27H23ClN2O9/c1-8-5-9-15(27(35)30(8)29)21(32)14-10(20(9)28)6-13-17-18(14)23(34)19-22(33)16-11(31)3-4-12(36-2)24(16)39-26(19)25(17)38-7-37-13/h5,11-13,31-32,34H,3-4,6-7,29H2,1-2H3/t11-,12+,13+/m0/s1. The molecule has 7 rings (SSSR count). The Kier molecular flexibility index (Phi) is 5.06. The number of benzene rings is 2. The lowest BCUT2D eigenvalue weighted by Crippen LogP contribution is -2.30. The normalized spacial score (nSPS) is 21.4. The number of nitrogens with zero attached hydrogens (tertiary/aromatic N) is 1. The zero-order valence-electron chi connectivity index (χ0n) is 20.8. The maximum Gasteiger partial charge on any atom is 0.280 e. The zero-order chi connectivity index (χ0) is 27.5. The lowest BCUT2D eigenvalue weighted by Gasteiger charge is -2.35. The molecule has 0 fully saturated rings. The number of aryl methyl sites for hydroxylation is 1. The van der Waals surface area contributed by atoms with Gasteiger partial charge in [-0.1, -0.05) is 11.6 Å². The van der Waals surface area contributed by atoms with Crippen LogP contribution in [0.15, 0.2) is 20.1 Å². The van der Waals surface area contributed by atoms with Crippen molar-refractivity contribution in [3.05, 3.63) is 59.8 Å². The van der Waals surface area contributed by atoms with Crippen LogP contribution in [-0.4, -0.2) is 33.9 Å². The summed E-state index contributed by atoms with van der Waals surface area (Å²) in [6.07, 6.45) is -1.47. The number of phenolic OH excluding ortho intramolecular Hbond substituents is 2. The maximum absolute atomic E-state index is 13.9. The van der Waals surface area contributed by atoms with Gasteiger partial charge in [0, 0.05) is 41.3 Å². The topological polar surface area (TPSA) is 167 Å². The van der Waals surface area contributed by atoms with Crippen LogP contribution in [0, 0.1) is 6.92 Å². The summed E-state index contributed by atoms with van der Waals surface area (Å²) in [5.74, 6) is 5.28. The first kappa shape index (κ1) is 24.3. The Labute approximate surface area is 224 Å². The number of hydrogen-bond donors (Lipinski definition) is 4. The lowest BCUT2D eigenvalue weighted by molar-refractivity contribution is -0.0592. The number of hydrogen-bond acceptors (Lipinski definition) is 10. The number of fused-ring (bicyclic) bond motifs is 6. The van der Waals surface area contributed by atoms with Crippen LogP contribution in [0.5, 0.6) is 17.2 Å². The number of ether oxygens (including phenoxy) is 3. The van der Waals surface area contributed by atoms with Crippen molar-refractivity contribution >= 4 is 33.3 Å². The Morgan fingerprint density at radius 2 is 1.87 bits per heavy atom. The van der Waals surface area contributed by atoms with E-state index in [1.165, 1.54) is 7.11 Å². The molecule has 2 aliphatic carbocycles. The van der Waals surface area contributed by atoms with Crippen molar-refractivity contribution in [3.63, 3.8) is 0 Å². The van der Waals surface area contributed by atoms with Crippen molar-refractivity contribution in [3.8, 4) is 28.4 Å². The Morgan fingerprint density at radius 1 is 1.13 bits per heavy atom. The molecule has 3 heterocycles. The molecule has 3 atom stereocenters. The van der Waals surface area contributed by atoms with Crippen LogP contribution < -0.4 is 21.6 Å². The molecule has 0 radical (unpaired) electrons. The van der Waals surface area contributed by atoms with E-state index in [9.17, 15) is 24.9 Å². The van der Waals surface area contributed by atoms with Crippen LogP contribution in [0.2, 0.25) is 5.02 Å². The fourth-order valence-corrected chi connectivity index (χ4v) is 6.57. The molecule has 0 saturated heterocycles. The van der Waals surface area contributed by atoms with Crippen LogP contribution in [0.3, 0.4) is 0 Å². The predicted molar refractivity (Wildman–Crippen MR) is 140 cm³/mol. The minimum Gasteiger partial charge on any atom is -0.506 e. The van der Waals surface area contributed by atoms with E-state index in [0.717, 1.165) is 4.68 Å². The highest BCUT2D eigenvalue weighted by atomic mass is 35.5. The highest BCUT2D eigenvalue weighted by Gasteiger charge is 2.42. The van der Waals surface area contributed by atoms with Gasteiger partial charge in [0.2, 0.25) is 5.43 Å². The molecule has 0 spiro atoms. The highest BCUT2D eigenvalue weighted by Crippen LogP contribution is 2.58. The van der Waals surface area contributed by atoms with Gasteiger partial charge in [0.1, 0.15) is 28.7 Å². The minimum absolute atomic E-state index is 0.00930. The molecule has 3 aliphatic rings. The number of nitrogen functional groups attached to an aromatic ring is 1. The number of aromatic nitrogens is 1. The summed E-state index contributed by atoms with van der Waals surface area (Å²) in [7, 11) is 1.48. The number of aliphatic hydroxyl groups is 1. The molecule has 202 valence electrons. The molecule has 0 unspecified atom stereocenters. The second-order valence-electron chi connectivity index (χ2n) is 10.1. The Morgan fingerprint density at radius 3 is 2.62 bits per heavy atom. The minimum atomic E-state index is -1.12. The van der Waals surface area contributed by atoms with Gasteiger partial charge in [-0.2, -0.15) is 0 Å². The summed E-state index contributed by atoms with van der Waals surface area (Å²) in [4.78, 5) is 27.0. The average Bonchev–Trinajstić information content (AvgIpc) is 2.92. The number of methoxy groups -OCH3 is 1. The highest BCUT2D eigenvalue weighted by molar-refractivity contribution is 6.37. The predicted octanol–water partition coefficient (Wildman–Crippen LogP) is 3.34. The SMILES string of the molecule is CO[C@@H]1CC[C@H](O)c2c1oc1c3c4c(c(O)c1c2=O)-c1c(c(Cl)c2cc(C)n(N)c(=O)c2c1O)C[C@H]4OCO3. The summed E-state index contributed by atoms with van der Waals surface area (Å²) >= 11 is 6.83. The van der Waals surface area contributed by atoms with Crippen molar-refractivity contribution in [1.29, 1.82) is 0 Å². The molecule has 0 saturated carbocycles. The number of halogens is 1. The third-order valence-corrected chi connectivity index (χ3v) is 8.56. The van der Waals surface area contributed by atoms with E-state index in [2.05, 4.69) is 0 Å². The quantitative estimate of drug-likeness (QED) is 0.256. The summed E-state index contributed by atoms with van der Waals surface area (Å²) in [6, 6.07) is 1.60. The van der Waals surface area contributed by atoms with E-state index in [1.54, 1.807) is 13.0 Å².